The minimum absolute atomic E-state index is 0.0819. The van der Waals surface area contributed by atoms with Crippen LogP contribution in [0, 0.1) is 11.6 Å². The lowest BCUT2D eigenvalue weighted by Crippen LogP contribution is -2.25. The summed E-state index contributed by atoms with van der Waals surface area (Å²) in [5, 5.41) is 2.89. The summed E-state index contributed by atoms with van der Waals surface area (Å²) in [4.78, 5) is 12.1. The van der Waals surface area contributed by atoms with Gasteiger partial charge in [-0.1, -0.05) is 17.7 Å². The fraction of sp³-hybridized carbons (Fsp3) is 0.0714. The van der Waals surface area contributed by atoms with Crippen molar-refractivity contribution in [1.82, 2.24) is 5.32 Å². The molecule has 1 amide bonds. The van der Waals surface area contributed by atoms with E-state index < -0.39 is 17.5 Å². The number of hydrogen-bond acceptors (Lipinski definition) is 3. The lowest BCUT2D eigenvalue weighted by molar-refractivity contribution is 0.0951. The summed E-state index contributed by atoms with van der Waals surface area (Å²) < 4.78 is 26.3. The van der Waals surface area contributed by atoms with Crippen molar-refractivity contribution in [2.75, 3.05) is 5.43 Å². The van der Waals surface area contributed by atoms with E-state index >= 15 is 0 Å². The second-order valence-corrected chi connectivity index (χ2v) is 4.69. The topological polar surface area (TPSA) is 67.1 Å². The van der Waals surface area contributed by atoms with Gasteiger partial charge in [0.2, 0.25) is 0 Å². The van der Waals surface area contributed by atoms with E-state index in [2.05, 4.69) is 10.7 Å². The van der Waals surface area contributed by atoms with Crippen molar-refractivity contribution >= 4 is 23.2 Å². The second-order valence-electron chi connectivity index (χ2n) is 4.25. The Balaban J connectivity index is 2.13. The molecule has 4 N–H and O–H groups in total. The van der Waals surface area contributed by atoms with E-state index in [-0.39, 0.29) is 17.7 Å². The highest BCUT2D eigenvalue weighted by Crippen LogP contribution is 2.20. The highest BCUT2D eigenvalue weighted by atomic mass is 35.5. The van der Waals surface area contributed by atoms with Gasteiger partial charge < -0.3 is 10.7 Å². The molecule has 0 aliphatic heterocycles. The highest BCUT2D eigenvalue weighted by Gasteiger charge is 2.12. The Labute approximate surface area is 124 Å². The van der Waals surface area contributed by atoms with Gasteiger partial charge in [0.15, 0.2) is 0 Å². The molecule has 2 aromatic carbocycles. The maximum Gasteiger partial charge on any atom is 0.253 e. The number of hydrazine groups is 1. The Morgan fingerprint density at radius 1 is 1.19 bits per heavy atom. The smallest absolute Gasteiger partial charge is 0.253 e. The SMILES string of the molecule is NNc1ccc(Cl)cc1C(=O)NCc1ccc(F)cc1F. The number of nitrogens with two attached hydrogens (primary N) is 1. The summed E-state index contributed by atoms with van der Waals surface area (Å²) in [7, 11) is 0. The van der Waals surface area contributed by atoms with E-state index in [1.165, 1.54) is 12.1 Å². The van der Waals surface area contributed by atoms with Crippen LogP contribution in [0.4, 0.5) is 14.5 Å². The largest absolute Gasteiger partial charge is 0.348 e. The molecule has 21 heavy (non-hydrogen) atoms. The molecule has 0 radical (unpaired) electrons. The summed E-state index contributed by atoms with van der Waals surface area (Å²) in [5.74, 6) is 3.44. The second kappa shape index (κ2) is 6.51. The number of anilines is 1. The Kier molecular flexibility index (Phi) is 4.72. The van der Waals surface area contributed by atoms with E-state index in [9.17, 15) is 13.6 Å². The number of carbonyl (C=O) groups excluding carboxylic acids is 1. The number of amides is 1. The maximum atomic E-state index is 13.5. The molecule has 110 valence electrons. The average molecular weight is 312 g/mol. The number of benzene rings is 2. The summed E-state index contributed by atoms with van der Waals surface area (Å²) >= 11 is 5.83. The van der Waals surface area contributed by atoms with Gasteiger partial charge in [0.25, 0.3) is 5.91 Å². The van der Waals surface area contributed by atoms with Gasteiger partial charge in [0, 0.05) is 23.2 Å². The summed E-state index contributed by atoms with van der Waals surface area (Å²) in [6.45, 7) is -0.0819. The molecule has 0 saturated carbocycles. The molecule has 4 nitrogen and oxygen atoms in total. The zero-order valence-electron chi connectivity index (χ0n) is 10.8. The first-order valence-corrected chi connectivity index (χ1v) is 6.37. The number of carbonyl (C=O) groups is 1. The molecule has 0 fully saturated rings. The molecule has 0 bridgehead atoms. The molecule has 2 rings (SSSR count). The molecule has 0 aliphatic rings. The van der Waals surface area contributed by atoms with Crippen LogP contribution in [0.3, 0.4) is 0 Å². The number of rotatable bonds is 4. The zero-order chi connectivity index (χ0) is 15.4. The van der Waals surface area contributed by atoms with Crippen molar-refractivity contribution < 1.29 is 13.6 Å². The van der Waals surface area contributed by atoms with Gasteiger partial charge in [-0.2, -0.15) is 0 Å². The number of nitrogen functional groups attached to an aromatic ring is 1. The van der Waals surface area contributed by atoms with Gasteiger partial charge in [-0.3, -0.25) is 10.6 Å². The molecule has 7 heteroatoms. The van der Waals surface area contributed by atoms with E-state index in [1.807, 2.05) is 0 Å². The van der Waals surface area contributed by atoms with Crippen molar-refractivity contribution in [3.63, 3.8) is 0 Å². The van der Waals surface area contributed by atoms with Crippen molar-refractivity contribution in [3.8, 4) is 0 Å². The molecular formula is C14H12ClF2N3O. The van der Waals surface area contributed by atoms with Crippen LogP contribution < -0.4 is 16.6 Å². The van der Waals surface area contributed by atoms with Crippen molar-refractivity contribution in [2.24, 2.45) is 5.84 Å². The molecule has 0 aliphatic carbocycles. The molecule has 0 unspecified atom stereocenters. The van der Waals surface area contributed by atoms with Crippen molar-refractivity contribution in [3.05, 3.63) is 64.2 Å². The summed E-state index contributed by atoms with van der Waals surface area (Å²) in [6.07, 6.45) is 0. The molecule has 2 aromatic rings. The molecule has 0 atom stereocenters. The Morgan fingerprint density at radius 2 is 1.95 bits per heavy atom. The van der Waals surface area contributed by atoms with Gasteiger partial charge in [-0.15, -0.1) is 0 Å². The molecular weight excluding hydrogens is 300 g/mol. The van der Waals surface area contributed by atoms with E-state index in [0.29, 0.717) is 10.7 Å². The predicted octanol–water partition coefficient (Wildman–Crippen LogP) is 2.83. The predicted molar refractivity (Wildman–Crippen MR) is 76.8 cm³/mol. The fourth-order valence-corrected chi connectivity index (χ4v) is 1.94. The van der Waals surface area contributed by atoms with Gasteiger partial charge in [-0.25, -0.2) is 8.78 Å². The zero-order valence-corrected chi connectivity index (χ0v) is 11.5. The quantitative estimate of drug-likeness (QED) is 0.601. The normalized spacial score (nSPS) is 10.3. The van der Waals surface area contributed by atoms with Gasteiger partial charge in [-0.05, 0) is 24.3 Å². The molecule has 0 spiro atoms. The van der Waals surface area contributed by atoms with Crippen molar-refractivity contribution in [1.29, 1.82) is 0 Å². The molecule has 0 aromatic heterocycles. The highest BCUT2D eigenvalue weighted by molar-refractivity contribution is 6.31. The Morgan fingerprint density at radius 3 is 2.62 bits per heavy atom. The van der Waals surface area contributed by atoms with Gasteiger partial charge in [0.05, 0.1) is 11.3 Å². The minimum Gasteiger partial charge on any atom is -0.348 e. The number of nitrogens with one attached hydrogen (secondary N) is 2. The fourth-order valence-electron chi connectivity index (χ4n) is 1.77. The Bertz CT molecular complexity index is 679. The van der Waals surface area contributed by atoms with Crippen LogP contribution in [-0.2, 0) is 6.54 Å². The van der Waals surface area contributed by atoms with E-state index in [4.69, 9.17) is 17.4 Å². The van der Waals surface area contributed by atoms with Gasteiger partial charge in [0.1, 0.15) is 11.6 Å². The third kappa shape index (κ3) is 3.68. The standard InChI is InChI=1S/C14H12ClF2N3O/c15-9-2-4-13(20-18)11(5-9)14(21)19-7-8-1-3-10(16)6-12(8)17/h1-6,20H,7,18H2,(H,19,21). The third-order valence-electron chi connectivity index (χ3n) is 2.84. The number of halogens is 3. The van der Waals surface area contributed by atoms with Crippen LogP contribution in [-0.4, -0.2) is 5.91 Å². The average Bonchev–Trinajstić information content (AvgIpc) is 2.46. The lowest BCUT2D eigenvalue weighted by Gasteiger charge is -2.10. The third-order valence-corrected chi connectivity index (χ3v) is 3.07. The molecule has 0 saturated heterocycles. The first kappa shape index (κ1) is 15.2. The maximum absolute atomic E-state index is 13.5. The van der Waals surface area contributed by atoms with Crippen LogP contribution >= 0.6 is 11.6 Å². The number of hydrogen-bond donors (Lipinski definition) is 3. The molecule has 0 heterocycles. The van der Waals surface area contributed by atoms with Crippen LogP contribution in [0.2, 0.25) is 5.02 Å². The first-order valence-electron chi connectivity index (χ1n) is 5.99. The van der Waals surface area contributed by atoms with Crippen LogP contribution in [0.25, 0.3) is 0 Å². The summed E-state index contributed by atoms with van der Waals surface area (Å²) in [5.41, 5.74) is 3.17. The minimum atomic E-state index is -0.724. The van der Waals surface area contributed by atoms with Gasteiger partial charge >= 0.3 is 0 Å². The van der Waals surface area contributed by atoms with E-state index in [1.54, 1.807) is 12.1 Å². The van der Waals surface area contributed by atoms with Crippen LogP contribution in [0.5, 0.6) is 0 Å². The van der Waals surface area contributed by atoms with Crippen molar-refractivity contribution in [2.45, 2.75) is 6.54 Å². The van der Waals surface area contributed by atoms with Crippen LogP contribution in [0.15, 0.2) is 36.4 Å². The van der Waals surface area contributed by atoms with Crippen LogP contribution in [0.1, 0.15) is 15.9 Å². The summed E-state index contributed by atoms with van der Waals surface area (Å²) in [6, 6.07) is 7.71. The lowest BCUT2D eigenvalue weighted by atomic mass is 10.1. The Hall–Kier alpha value is -2.18. The first-order chi connectivity index (χ1) is 10.0. The monoisotopic (exact) mass is 311 g/mol. The van der Waals surface area contributed by atoms with E-state index in [0.717, 1.165) is 12.1 Å².